The third-order valence-electron chi connectivity index (χ3n) is 3.40. The minimum atomic E-state index is -1.02. The smallest absolute Gasteiger partial charge is 0.264 e. The number of amides is 3. The molecule has 3 rings (SSSR count). The van der Waals surface area contributed by atoms with Gasteiger partial charge in [0.1, 0.15) is 6.04 Å². The summed E-state index contributed by atoms with van der Waals surface area (Å²) >= 11 is 0. The number of nitrogens with two attached hydrogens (primary N) is 1. The van der Waals surface area contributed by atoms with E-state index in [1.807, 2.05) is 0 Å². The van der Waals surface area contributed by atoms with Crippen molar-refractivity contribution in [1.82, 2.24) is 10.2 Å². The zero-order chi connectivity index (χ0) is 17.0. The summed E-state index contributed by atoms with van der Waals surface area (Å²) in [5, 5.41) is 2.49. The summed E-state index contributed by atoms with van der Waals surface area (Å²) in [5.74, 6) is -2.17. The highest BCUT2D eigenvalue weighted by atomic mass is 16.2. The number of piperidine rings is 1. The van der Waals surface area contributed by atoms with Crippen molar-refractivity contribution in [3.8, 4) is 0 Å². The highest BCUT2D eigenvalue weighted by Crippen LogP contribution is 2.31. The number of imide groups is 1. The molecule has 102 valence electrons. The number of rotatable bonds is 1. The first-order valence-electron chi connectivity index (χ1n) is 7.51. The number of fused-ring (bicyclic) bond motifs is 1. The van der Waals surface area contributed by atoms with Crippen molar-refractivity contribution < 1.29 is 18.5 Å². The number of hydrogen-bond donors (Lipinski definition) is 2. The molecule has 6 heteroatoms. The maximum absolute atomic E-state index is 12.6. The van der Waals surface area contributed by atoms with Crippen LogP contribution in [0, 0.1) is 0 Å². The summed E-state index contributed by atoms with van der Waals surface area (Å²) in [4.78, 5) is 37.9. The van der Waals surface area contributed by atoms with Gasteiger partial charge in [-0.3, -0.25) is 19.3 Å². The van der Waals surface area contributed by atoms with Gasteiger partial charge in [0.15, 0.2) is 0 Å². The molecule has 0 aliphatic carbocycles. The molecule has 1 fully saturated rings. The Morgan fingerprint density at radius 3 is 2.80 bits per heavy atom. The van der Waals surface area contributed by atoms with Gasteiger partial charge in [-0.25, -0.2) is 0 Å². The fourth-order valence-corrected chi connectivity index (χ4v) is 2.43. The first-order valence-corrected chi connectivity index (χ1v) is 6.01. The highest BCUT2D eigenvalue weighted by Gasteiger charge is 2.44. The zero-order valence-corrected chi connectivity index (χ0v) is 10.4. The van der Waals surface area contributed by atoms with E-state index in [0.29, 0.717) is 12.1 Å². The van der Waals surface area contributed by atoms with E-state index in [-0.39, 0.29) is 23.2 Å². The van der Waals surface area contributed by atoms with Gasteiger partial charge in [-0.15, -0.1) is 0 Å². The molecule has 3 amide bonds. The standard InChI is InChI=1S/C14H13N3O3/c1-7-5-6-10(12(18)16-7)17-13(19)8-3-2-4-9(15)11(8)14(17)20/h2-4,10H,1,5-6,15H2,(H,16,18)/t10-/m0/s1/i2D,3D,4D. The minimum Gasteiger partial charge on any atom is -0.398 e. The normalized spacial score (nSPS) is 24.1. The quantitative estimate of drug-likeness (QED) is 0.581. The predicted molar refractivity (Wildman–Crippen MR) is 71.7 cm³/mol. The highest BCUT2D eigenvalue weighted by molar-refractivity contribution is 6.25. The van der Waals surface area contributed by atoms with Crippen molar-refractivity contribution in [1.29, 1.82) is 0 Å². The summed E-state index contributed by atoms with van der Waals surface area (Å²) in [6.07, 6.45) is 0.644. The van der Waals surface area contributed by atoms with Gasteiger partial charge in [0.05, 0.1) is 15.2 Å². The molecular weight excluding hydrogens is 258 g/mol. The van der Waals surface area contributed by atoms with Crippen molar-refractivity contribution in [2.75, 3.05) is 5.73 Å². The van der Waals surface area contributed by atoms with E-state index in [0.717, 1.165) is 4.90 Å². The Labute approximate surface area is 119 Å². The third kappa shape index (κ3) is 1.61. The lowest BCUT2D eigenvalue weighted by molar-refractivity contribution is -0.125. The van der Waals surface area contributed by atoms with Gasteiger partial charge in [-0.2, -0.15) is 0 Å². The van der Waals surface area contributed by atoms with E-state index in [1.165, 1.54) is 0 Å². The predicted octanol–water partition coefficient (Wildman–Crippen LogP) is 0.657. The van der Waals surface area contributed by atoms with Crippen molar-refractivity contribution in [2.45, 2.75) is 18.9 Å². The van der Waals surface area contributed by atoms with Crippen molar-refractivity contribution in [3.05, 3.63) is 41.5 Å². The van der Waals surface area contributed by atoms with Gasteiger partial charge < -0.3 is 11.1 Å². The average molecular weight is 274 g/mol. The molecule has 0 bridgehead atoms. The summed E-state index contributed by atoms with van der Waals surface area (Å²) in [7, 11) is 0. The van der Waals surface area contributed by atoms with E-state index >= 15 is 0 Å². The lowest BCUT2D eigenvalue weighted by Crippen LogP contribution is -2.51. The van der Waals surface area contributed by atoms with E-state index in [4.69, 9.17) is 9.85 Å². The van der Waals surface area contributed by atoms with E-state index in [2.05, 4.69) is 11.9 Å². The maximum Gasteiger partial charge on any atom is 0.264 e. The Kier molecular flexibility index (Phi) is 1.95. The Hall–Kier alpha value is -2.63. The first-order chi connectivity index (χ1) is 10.8. The number of anilines is 1. The summed E-state index contributed by atoms with van der Waals surface area (Å²) in [6.45, 7) is 3.63. The molecular formula is C14H13N3O3. The topological polar surface area (TPSA) is 92.5 Å². The number of nitrogens with zero attached hydrogens (tertiary/aromatic N) is 1. The zero-order valence-electron chi connectivity index (χ0n) is 13.4. The van der Waals surface area contributed by atoms with Gasteiger partial charge in [0.2, 0.25) is 5.91 Å². The molecule has 2 aliphatic heterocycles. The number of hydrogen-bond acceptors (Lipinski definition) is 4. The van der Waals surface area contributed by atoms with Gasteiger partial charge in [0.25, 0.3) is 11.8 Å². The molecule has 1 saturated heterocycles. The summed E-state index contributed by atoms with van der Waals surface area (Å²) in [6, 6.07) is -2.54. The van der Waals surface area contributed by atoms with Crippen LogP contribution in [0.15, 0.2) is 30.4 Å². The number of carbonyl (C=O) groups is 3. The van der Waals surface area contributed by atoms with Crippen LogP contribution in [0.3, 0.4) is 0 Å². The minimum absolute atomic E-state index is 0.227. The first kappa shape index (κ1) is 9.30. The Morgan fingerprint density at radius 1 is 1.35 bits per heavy atom. The second-order valence-corrected chi connectivity index (χ2v) is 4.67. The average Bonchev–Trinajstić information content (AvgIpc) is 2.75. The largest absolute Gasteiger partial charge is 0.398 e. The number of benzene rings is 1. The Morgan fingerprint density at radius 2 is 2.10 bits per heavy atom. The van der Waals surface area contributed by atoms with Crippen molar-refractivity contribution in [2.24, 2.45) is 0 Å². The second-order valence-electron chi connectivity index (χ2n) is 4.67. The van der Waals surface area contributed by atoms with Crippen LogP contribution < -0.4 is 11.1 Å². The molecule has 2 heterocycles. The lowest BCUT2D eigenvalue weighted by Gasteiger charge is -2.29. The van der Waals surface area contributed by atoms with Gasteiger partial charge >= 0.3 is 0 Å². The number of allylic oxidation sites excluding steroid dienone is 1. The molecule has 0 spiro atoms. The third-order valence-corrected chi connectivity index (χ3v) is 3.40. The van der Waals surface area contributed by atoms with E-state index in [9.17, 15) is 14.4 Å². The fourth-order valence-electron chi connectivity index (χ4n) is 2.43. The molecule has 0 unspecified atom stereocenters. The lowest BCUT2D eigenvalue weighted by atomic mass is 10.0. The molecule has 3 N–H and O–H groups in total. The van der Waals surface area contributed by atoms with Crippen LogP contribution in [0.1, 0.15) is 37.7 Å². The summed E-state index contributed by atoms with van der Waals surface area (Å²) in [5.41, 5.74) is 5.31. The maximum atomic E-state index is 12.6. The molecule has 1 aromatic carbocycles. The van der Waals surface area contributed by atoms with Crippen LogP contribution in [0.2, 0.25) is 0 Å². The van der Waals surface area contributed by atoms with Crippen molar-refractivity contribution in [3.63, 3.8) is 0 Å². The van der Waals surface area contributed by atoms with Crippen molar-refractivity contribution >= 4 is 23.4 Å². The van der Waals surface area contributed by atoms with E-state index < -0.39 is 41.9 Å². The Bertz CT molecular complexity index is 759. The fraction of sp³-hybridized carbons (Fsp3) is 0.214. The molecule has 0 radical (unpaired) electrons. The summed E-state index contributed by atoms with van der Waals surface area (Å²) < 4.78 is 23.2. The molecule has 20 heavy (non-hydrogen) atoms. The molecule has 1 atom stereocenters. The molecule has 1 aromatic rings. The van der Waals surface area contributed by atoms with Crippen LogP contribution in [0.25, 0.3) is 0 Å². The van der Waals surface area contributed by atoms with Gasteiger partial charge in [0, 0.05) is 11.4 Å². The van der Waals surface area contributed by atoms with Crippen LogP contribution in [0.4, 0.5) is 5.69 Å². The second kappa shape index (κ2) is 4.19. The number of carbonyl (C=O) groups excluding carboxylic acids is 3. The van der Waals surface area contributed by atoms with Crippen LogP contribution >= 0.6 is 0 Å². The SMILES string of the molecule is [2H]c1c([2H])c(N)c2c(c1[2H])C(=O)N([C@H]1CCC(=C)NC1=O)C2=O. The molecule has 0 saturated carbocycles. The van der Waals surface area contributed by atoms with Gasteiger partial charge in [-0.1, -0.05) is 12.6 Å². The van der Waals surface area contributed by atoms with Crippen LogP contribution in [0.5, 0.6) is 0 Å². The number of nitrogens with one attached hydrogen (secondary N) is 1. The molecule has 2 aliphatic rings. The molecule has 6 nitrogen and oxygen atoms in total. The Balaban J connectivity index is 2.12. The number of nitrogen functional groups attached to an aromatic ring is 1. The van der Waals surface area contributed by atoms with Crippen LogP contribution in [-0.2, 0) is 4.79 Å². The monoisotopic (exact) mass is 274 g/mol. The molecule has 0 aromatic heterocycles. The van der Waals surface area contributed by atoms with Gasteiger partial charge in [-0.05, 0) is 24.9 Å². The van der Waals surface area contributed by atoms with Crippen LogP contribution in [-0.4, -0.2) is 28.7 Å². The van der Waals surface area contributed by atoms with E-state index in [1.54, 1.807) is 0 Å².